The number of piperidine rings is 1. The van der Waals surface area contributed by atoms with E-state index in [1.54, 1.807) is 24.3 Å². The molecule has 2 saturated heterocycles. The molecule has 2 heterocycles. The number of nitrogens with zero attached hydrogens (tertiary/aromatic N) is 1. The predicted molar refractivity (Wildman–Crippen MR) is 98.3 cm³/mol. The van der Waals surface area contributed by atoms with Crippen LogP contribution in [0.3, 0.4) is 0 Å². The second kappa shape index (κ2) is 8.04. The molecule has 2 fully saturated rings. The lowest BCUT2D eigenvalue weighted by Gasteiger charge is -2.34. The fourth-order valence-electron chi connectivity index (χ4n) is 3.42. The zero-order valence-electron chi connectivity index (χ0n) is 15.3. The van der Waals surface area contributed by atoms with Crippen molar-refractivity contribution in [2.24, 2.45) is 0 Å². The van der Waals surface area contributed by atoms with E-state index in [-0.39, 0.29) is 24.1 Å². The molecule has 1 amide bonds. The van der Waals surface area contributed by atoms with Crippen LogP contribution in [0, 0.1) is 6.92 Å². The number of carbonyl (C=O) groups is 1. The Kier molecular flexibility index (Phi) is 5.96. The average molecular weight is 381 g/mol. The molecule has 0 aliphatic carbocycles. The highest BCUT2D eigenvalue weighted by atomic mass is 32.2. The summed E-state index contributed by atoms with van der Waals surface area (Å²) < 4.78 is 32.5. The van der Waals surface area contributed by atoms with Gasteiger partial charge >= 0.3 is 0 Å². The van der Waals surface area contributed by atoms with E-state index in [0.29, 0.717) is 44.0 Å². The molecule has 26 heavy (non-hydrogen) atoms. The maximum atomic E-state index is 12.7. The minimum atomic E-state index is -3.47. The Morgan fingerprint density at radius 3 is 2.50 bits per heavy atom. The standard InChI is InChI=1S/C18H27N3O4S/c1-13-3-5-16(6-4-13)26(23,24)21-10-7-15(8-11-21)20-18(22)17-14(2)25-12-9-19-17/h3-6,14-15,17,19H,7-12H2,1-2H3,(H,20,22)/t14-,17+/m1/s1. The number of amides is 1. The number of nitrogens with one attached hydrogen (secondary N) is 2. The zero-order valence-corrected chi connectivity index (χ0v) is 16.1. The zero-order chi connectivity index (χ0) is 18.7. The molecule has 0 aromatic heterocycles. The van der Waals surface area contributed by atoms with Crippen LogP contribution < -0.4 is 10.6 Å². The molecule has 3 rings (SSSR count). The van der Waals surface area contributed by atoms with Crippen molar-refractivity contribution in [3.05, 3.63) is 29.8 Å². The lowest BCUT2D eigenvalue weighted by molar-refractivity contribution is -0.129. The quantitative estimate of drug-likeness (QED) is 0.799. The maximum Gasteiger partial charge on any atom is 0.243 e. The third-order valence-electron chi connectivity index (χ3n) is 5.06. The number of rotatable bonds is 4. The highest BCUT2D eigenvalue weighted by molar-refractivity contribution is 7.89. The Bertz CT molecular complexity index is 727. The van der Waals surface area contributed by atoms with Gasteiger partial charge in [0.25, 0.3) is 0 Å². The van der Waals surface area contributed by atoms with Crippen LogP contribution in [-0.2, 0) is 19.6 Å². The van der Waals surface area contributed by atoms with E-state index in [1.165, 1.54) is 4.31 Å². The van der Waals surface area contributed by atoms with Crippen LogP contribution in [0.5, 0.6) is 0 Å². The van der Waals surface area contributed by atoms with Crippen molar-refractivity contribution in [3.8, 4) is 0 Å². The van der Waals surface area contributed by atoms with Gasteiger partial charge in [0.2, 0.25) is 15.9 Å². The van der Waals surface area contributed by atoms with Gasteiger partial charge in [-0.1, -0.05) is 17.7 Å². The van der Waals surface area contributed by atoms with Crippen LogP contribution in [0.4, 0.5) is 0 Å². The third kappa shape index (κ3) is 4.25. The molecule has 7 nitrogen and oxygen atoms in total. The van der Waals surface area contributed by atoms with E-state index < -0.39 is 10.0 Å². The topological polar surface area (TPSA) is 87.7 Å². The predicted octanol–water partition coefficient (Wildman–Crippen LogP) is 0.641. The molecule has 2 aliphatic heterocycles. The van der Waals surface area contributed by atoms with Crippen molar-refractivity contribution < 1.29 is 17.9 Å². The molecule has 1 aromatic rings. The molecule has 2 aliphatic rings. The molecule has 2 atom stereocenters. The molecule has 8 heteroatoms. The fourth-order valence-corrected chi connectivity index (χ4v) is 4.89. The van der Waals surface area contributed by atoms with E-state index >= 15 is 0 Å². The van der Waals surface area contributed by atoms with Gasteiger partial charge in [-0.25, -0.2) is 8.42 Å². The summed E-state index contributed by atoms with van der Waals surface area (Å²) in [4.78, 5) is 12.7. The van der Waals surface area contributed by atoms with Crippen molar-refractivity contribution >= 4 is 15.9 Å². The Labute approximate surface area is 155 Å². The van der Waals surface area contributed by atoms with Crippen LogP contribution in [0.15, 0.2) is 29.2 Å². The van der Waals surface area contributed by atoms with Gasteiger partial charge in [0.15, 0.2) is 0 Å². The van der Waals surface area contributed by atoms with Crippen molar-refractivity contribution in [1.82, 2.24) is 14.9 Å². The number of sulfonamides is 1. The van der Waals surface area contributed by atoms with Gasteiger partial charge in [0, 0.05) is 25.7 Å². The minimum Gasteiger partial charge on any atom is -0.375 e. The first-order chi connectivity index (χ1) is 12.4. The van der Waals surface area contributed by atoms with Crippen molar-refractivity contribution in [1.29, 1.82) is 0 Å². The molecule has 1 aromatic carbocycles. The van der Waals surface area contributed by atoms with Gasteiger partial charge in [-0.05, 0) is 38.8 Å². The van der Waals surface area contributed by atoms with Gasteiger partial charge in [-0.3, -0.25) is 4.79 Å². The second-order valence-electron chi connectivity index (χ2n) is 7.01. The number of benzene rings is 1. The molecule has 0 bridgehead atoms. The van der Waals surface area contributed by atoms with Crippen LogP contribution in [0.1, 0.15) is 25.3 Å². The summed E-state index contributed by atoms with van der Waals surface area (Å²) in [7, 11) is -3.47. The second-order valence-corrected chi connectivity index (χ2v) is 8.95. The lowest BCUT2D eigenvalue weighted by Crippen LogP contribution is -2.58. The van der Waals surface area contributed by atoms with Crippen molar-refractivity contribution in [2.45, 2.75) is 49.8 Å². The molecule has 0 radical (unpaired) electrons. The summed E-state index contributed by atoms with van der Waals surface area (Å²) in [6.45, 7) is 5.90. The number of aryl methyl sites for hydroxylation is 1. The van der Waals surface area contributed by atoms with Crippen LogP contribution in [-0.4, -0.2) is 63.1 Å². The van der Waals surface area contributed by atoms with Gasteiger partial charge in [-0.2, -0.15) is 4.31 Å². The van der Waals surface area contributed by atoms with E-state index in [9.17, 15) is 13.2 Å². The number of hydrogen-bond acceptors (Lipinski definition) is 5. The van der Waals surface area contributed by atoms with Gasteiger partial charge in [0.05, 0.1) is 17.6 Å². The summed E-state index contributed by atoms with van der Waals surface area (Å²) in [5.41, 5.74) is 1.03. The molecular formula is C18H27N3O4S. The Morgan fingerprint density at radius 1 is 1.23 bits per heavy atom. The number of morpholine rings is 1. The van der Waals surface area contributed by atoms with E-state index in [0.717, 1.165) is 5.56 Å². The van der Waals surface area contributed by atoms with Crippen molar-refractivity contribution in [2.75, 3.05) is 26.2 Å². The minimum absolute atomic E-state index is 0.0112. The monoisotopic (exact) mass is 381 g/mol. The molecule has 0 saturated carbocycles. The third-order valence-corrected chi connectivity index (χ3v) is 6.97. The number of hydrogen-bond donors (Lipinski definition) is 2. The van der Waals surface area contributed by atoms with Gasteiger partial charge in [0.1, 0.15) is 6.04 Å². The first kappa shape index (κ1) is 19.3. The summed E-state index contributed by atoms with van der Waals surface area (Å²) in [6, 6.07) is 6.55. The van der Waals surface area contributed by atoms with Crippen LogP contribution >= 0.6 is 0 Å². The first-order valence-electron chi connectivity index (χ1n) is 9.10. The lowest BCUT2D eigenvalue weighted by atomic mass is 10.0. The molecule has 0 spiro atoms. The molecule has 2 N–H and O–H groups in total. The maximum absolute atomic E-state index is 12.7. The molecular weight excluding hydrogens is 354 g/mol. The summed E-state index contributed by atoms with van der Waals surface area (Å²) >= 11 is 0. The number of carbonyl (C=O) groups excluding carboxylic acids is 1. The smallest absolute Gasteiger partial charge is 0.243 e. The van der Waals surface area contributed by atoms with E-state index in [2.05, 4.69) is 10.6 Å². The normalized spacial score (nSPS) is 25.8. The highest BCUT2D eigenvalue weighted by Crippen LogP contribution is 2.21. The molecule has 0 unspecified atom stereocenters. The first-order valence-corrected chi connectivity index (χ1v) is 10.5. The van der Waals surface area contributed by atoms with Crippen LogP contribution in [0.25, 0.3) is 0 Å². The summed E-state index contributed by atoms with van der Waals surface area (Å²) in [5, 5.41) is 6.21. The Morgan fingerprint density at radius 2 is 1.88 bits per heavy atom. The summed E-state index contributed by atoms with van der Waals surface area (Å²) in [6.07, 6.45) is 1.06. The highest BCUT2D eigenvalue weighted by Gasteiger charge is 2.33. The fraction of sp³-hybridized carbons (Fsp3) is 0.611. The number of ether oxygens (including phenoxy) is 1. The Hall–Kier alpha value is -1.48. The SMILES string of the molecule is Cc1ccc(S(=O)(=O)N2CCC(NC(=O)[C@H]3NCCO[C@@H]3C)CC2)cc1. The average Bonchev–Trinajstić information content (AvgIpc) is 2.63. The summed E-state index contributed by atoms with van der Waals surface area (Å²) in [5.74, 6) is -0.0722. The largest absolute Gasteiger partial charge is 0.375 e. The van der Waals surface area contributed by atoms with E-state index in [4.69, 9.17) is 4.74 Å². The van der Waals surface area contributed by atoms with E-state index in [1.807, 2.05) is 13.8 Å². The molecule has 144 valence electrons. The van der Waals surface area contributed by atoms with Gasteiger partial charge in [-0.15, -0.1) is 0 Å². The van der Waals surface area contributed by atoms with Crippen molar-refractivity contribution in [3.63, 3.8) is 0 Å². The van der Waals surface area contributed by atoms with Crippen LogP contribution in [0.2, 0.25) is 0 Å². The van der Waals surface area contributed by atoms with Gasteiger partial charge < -0.3 is 15.4 Å². The Balaban J connectivity index is 1.55.